The molecular weight excluding hydrogens is 251 g/mol. The van der Waals surface area contributed by atoms with Crippen LogP contribution < -0.4 is 0 Å². The molecule has 0 aliphatic heterocycles. The molecule has 1 aliphatic rings. The number of benzene rings is 1. The van der Waals surface area contributed by atoms with Crippen LogP contribution in [0.15, 0.2) is 24.3 Å². The zero-order chi connectivity index (χ0) is 13.1. The van der Waals surface area contributed by atoms with E-state index in [1.807, 2.05) is 0 Å². The van der Waals surface area contributed by atoms with E-state index >= 15 is 0 Å². The Morgan fingerprint density at radius 1 is 1.28 bits per heavy atom. The molecule has 0 N–H and O–H groups in total. The fraction of sp³-hybridized carbons (Fsp3) is 0.500. The van der Waals surface area contributed by atoms with Crippen molar-refractivity contribution in [2.75, 3.05) is 0 Å². The zero-order valence-corrected chi connectivity index (χ0v) is 11.2. The molecule has 2 unspecified atom stereocenters. The summed E-state index contributed by atoms with van der Waals surface area (Å²) in [6.07, 6.45) is 4.11. The Labute approximate surface area is 109 Å². The molecular formula is C14H17FO2S. The van der Waals surface area contributed by atoms with Crippen molar-refractivity contribution in [1.82, 2.24) is 0 Å². The van der Waals surface area contributed by atoms with Crippen LogP contribution in [0.3, 0.4) is 0 Å². The number of hydrogen-bond donors (Lipinski definition) is 0. The van der Waals surface area contributed by atoms with Crippen LogP contribution in [-0.2, 0) is 10.8 Å². The van der Waals surface area contributed by atoms with Gasteiger partial charge in [-0.2, -0.15) is 0 Å². The van der Waals surface area contributed by atoms with Gasteiger partial charge < -0.3 is 0 Å². The molecule has 2 atom stereocenters. The van der Waals surface area contributed by atoms with Crippen molar-refractivity contribution in [3.63, 3.8) is 0 Å². The summed E-state index contributed by atoms with van der Waals surface area (Å²) >= 11 is 0. The van der Waals surface area contributed by atoms with Crippen molar-refractivity contribution in [2.24, 2.45) is 0 Å². The van der Waals surface area contributed by atoms with E-state index in [0.29, 0.717) is 5.56 Å². The van der Waals surface area contributed by atoms with Crippen LogP contribution in [-0.4, -0.2) is 20.5 Å². The number of Topliss-reactive ketones (excluding diaryl/α,β-unsaturated/α-hetero) is 1. The average Bonchev–Trinajstić information content (AvgIpc) is 2.91. The fourth-order valence-corrected chi connectivity index (χ4v) is 4.09. The van der Waals surface area contributed by atoms with Gasteiger partial charge in [0.15, 0.2) is 5.78 Å². The highest BCUT2D eigenvalue weighted by molar-refractivity contribution is 7.87. The summed E-state index contributed by atoms with van der Waals surface area (Å²) in [6, 6.07) is 5.44. The topological polar surface area (TPSA) is 34.1 Å². The zero-order valence-electron chi connectivity index (χ0n) is 10.4. The Hall–Kier alpha value is -1.03. The molecule has 0 spiro atoms. The van der Waals surface area contributed by atoms with Gasteiger partial charge in [0.05, 0.1) is 5.25 Å². The molecule has 0 radical (unpaired) electrons. The van der Waals surface area contributed by atoms with Gasteiger partial charge in [-0.25, -0.2) is 4.39 Å². The van der Waals surface area contributed by atoms with Crippen molar-refractivity contribution in [3.05, 3.63) is 35.6 Å². The van der Waals surface area contributed by atoms with Crippen LogP contribution in [0, 0.1) is 5.82 Å². The summed E-state index contributed by atoms with van der Waals surface area (Å²) in [5.41, 5.74) is 0.440. The lowest BCUT2D eigenvalue weighted by Crippen LogP contribution is -2.29. The van der Waals surface area contributed by atoms with E-state index in [0.717, 1.165) is 25.7 Å². The number of carbonyl (C=O) groups is 1. The minimum Gasteiger partial charge on any atom is -0.293 e. The minimum absolute atomic E-state index is 0.153. The maximum atomic E-state index is 12.8. The molecule has 2 nitrogen and oxygen atoms in total. The van der Waals surface area contributed by atoms with Gasteiger partial charge in [-0.05, 0) is 44.0 Å². The first-order valence-corrected chi connectivity index (χ1v) is 7.56. The standard InChI is InChI=1S/C14H17FO2S/c1-10(18(17)13-4-2-3-5-13)14(16)11-6-8-12(15)9-7-11/h6-10,13H,2-5H2,1H3. The SMILES string of the molecule is CC(C(=O)c1ccc(F)cc1)S(=O)C1CCCC1. The molecule has 0 aromatic heterocycles. The Kier molecular flexibility index (Phi) is 4.27. The lowest BCUT2D eigenvalue weighted by atomic mass is 10.1. The monoisotopic (exact) mass is 268 g/mol. The molecule has 0 amide bonds. The van der Waals surface area contributed by atoms with E-state index in [-0.39, 0.29) is 16.9 Å². The third-order valence-electron chi connectivity index (χ3n) is 3.48. The van der Waals surface area contributed by atoms with Gasteiger partial charge in [0.1, 0.15) is 5.82 Å². The highest BCUT2D eigenvalue weighted by Crippen LogP contribution is 2.25. The Bertz CT molecular complexity index is 449. The normalized spacial score (nSPS) is 19.7. The molecule has 18 heavy (non-hydrogen) atoms. The van der Waals surface area contributed by atoms with Crippen molar-refractivity contribution in [3.8, 4) is 0 Å². The van der Waals surface area contributed by atoms with Gasteiger partial charge in [-0.3, -0.25) is 9.00 Å². The largest absolute Gasteiger partial charge is 0.293 e. The molecule has 1 aromatic carbocycles. The van der Waals surface area contributed by atoms with Gasteiger partial charge in [-0.15, -0.1) is 0 Å². The highest BCUT2D eigenvalue weighted by Gasteiger charge is 2.29. The quantitative estimate of drug-likeness (QED) is 0.786. The maximum absolute atomic E-state index is 12.8. The van der Waals surface area contributed by atoms with Crippen LogP contribution in [0.25, 0.3) is 0 Å². The molecule has 2 rings (SSSR count). The average molecular weight is 268 g/mol. The summed E-state index contributed by atoms with van der Waals surface area (Å²) in [5, 5.41) is -0.344. The van der Waals surface area contributed by atoms with Crippen molar-refractivity contribution >= 4 is 16.6 Å². The molecule has 1 fully saturated rings. The van der Waals surface area contributed by atoms with Crippen molar-refractivity contribution in [2.45, 2.75) is 43.1 Å². The first-order chi connectivity index (χ1) is 8.59. The molecule has 98 valence electrons. The van der Waals surface area contributed by atoms with Crippen LogP contribution in [0.4, 0.5) is 4.39 Å². The highest BCUT2D eigenvalue weighted by atomic mass is 32.2. The third-order valence-corrected chi connectivity index (χ3v) is 5.52. The predicted molar refractivity (Wildman–Crippen MR) is 70.6 cm³/mol. The van der Waals surface area contributed by atoms with Gasteiger partial charge in [-0.1, -0.05) is 12.8 Å². The van der Waals surface area contributed by atoms with Gasteiger partial charge in [0, 0.05) is 21.6 Å². The Balaban J connectivity index is 2.08. The molecule has 0 bridgehead atoms. The summed E-state index contributed by atoms with van der Waals surface area (Å²) in [4.78, 5) is 12.1. The van der Waals surface area contributed by atoms with Crippen LogP contribution in [0.2, 0.25) is 0 Å². The number of rotatable bonds is 4. The summed E-state index contributed by atoms with van der Waals surface area (Å²) in [6.45, 7) is 1.71. The molecule has 4 heteroatoms. The second-order valence-corrected chi connectivity index (χ2v) is 6.78. The summed E-state index contributed by atoms with van der Waals surface area (Å²) in [7, 11) is -1.12. The number of carbonyl (C=O) groups excluding carboxylic acids is 1. The molecule has 1 aliphatic carbocycles. The van der Waals surface area contributed by atoms with Crippen molar-refractivity contribution in [1.29, 1.82) is 0 Å². The first kappa shape index (κ1) is 13.4. The maximum Gasteiger partial charge on any atom is 0.178 e. The van der Waals surface area contributed by atoms with E-state index in [4.69, 9.17) is 0 Å². The smallest absolute Gasteiger partial charge is 0.178 e. The van der Waals surface area contributed by atoms with Gasteiger partial charge >= 0.3 is 0 Å². The molecule has 0 heterocycles. The van der Waals surface area contributed by atoms with E-state index in [2.05, 4.69) is 0 Å². The lowest BCUT2D eigenvalue weighted by Gasteiger charge is -2.15. The number of ketones is 1. The second kappa shape index (κ2) is 5.74. The van der Waals surface area contributed by atoms with E-state index in [9.17, 15) is 13.4 Å². The van der Waals surface area contributed by atoms with E-state index < -0.39 is 16.0 Å². The van der Waals surface area contributed by atoms with Crippen molar-refractivity contribution < 1.29 is 13.4 Å². The summed E-state index contributed by atoms with van der Waals surface area (Å²) in [5.74, 6) is -0.517. The van der Waals surface area contributed by atoms with Gasteiger partial charge in [0.25, 0.3) is 0 Å². The van der Waals surface area contributed by atoms with Crippen LogP contribution in [0.1, 0.15) is 43.0 Å². The third kappa shape index (κ3) is 2.86. The Morgan fingerprint density at radius 2 is 1.83 bits per heavy atom. The van der Waals surface area contributed by atoms with E-state index in [1.165, 1.54) is 24.3 Å². The minimum atomic E-state index is -1.12. The second-order valence-electron chi connectivity index (χ2n) is 4.75. The molecule has 1 saturated carbocycles. The summed E-state index contributed by atoms with van der Waals surface area (Å²) < 4.78 is 25.0. The predicted octanol–water partition coefficient (Wildman–Crippen LogP) is 3.09. The fourth-order valence-electron chi connectivity index (χ4n) is 2.36. The first-order valence-electron chi connectivity index (χ1n) is 6.29. The number of hydrogen-bond acceptors (Lipinski definition) is 2. The van der Waals surface area contributed by atoms with Gasteiger partial charge in [0.2, 0.25) is 0 Å². The van der Waals surface area contributed by atoms with E-state index in [1.54, 1.807) is 6.92 Å². The van der Waals surface area contributed by atoms with Crippen LogP contribution in [0.5, 0.6) is 0 Å². The molecule has 0 saturated heterocycles. The van der Waals surface area contributed by atoms with Crippen LogP contribution >= 0.6 is 0 Å². The number of halogens is 1. The lowest BCUT2D eigenvalue weighted by molar-refractivity contribution is 0.0992. The molecule has 1 aromatic rings. The Morgan fingerprint density at radius 3 is 2.39 bits per heavy atom.